The molecule has 0 saturated heterocycles. The van der Waals surface area contributed by atoms with E-state index in [0.717, 1.165) is 51.4 Å². The quantitative estimate of drug-likeness (QED) is 0.0237. The zero-order chi connectivity index (χ0) is 40.5. The lowest BCUT2D eigenvalue weighted by molar-refractivity contribution is -0.161. The van der Waals surface area contributed by atoms with Crippen LogP contribution in [0.5, 0.6) is 0 Å². The molecule has 0 heterocycles. The Morgan fingerprint density at radius 3 is 1.51 bits per heavy atom. The van der Waals surface area contributed by atoms with Crippen LogP contribution in [0, 0.1) is 0 Å². The van der Waals surface area contributed by atoms with E-state index in [9.17, 15) is 24.2 Å². The van der Waals surface area contributed by atoms with Crippen molar-refractivity contribution < 1.29 is 47.8 Å². The lowest BCUT2D eigenvalue weighted by Gasteiger charge is -2.20. The van der Waals surface area contributed by atoms with Gasteiger partial charge in [0.25, 0.3) is 0 Å². The minimum absolute atomic E-state index is 0.125. The zero-order valence-electron chi connectivity index (χ0n) is 34.4. The number of rotatable bonds is 39. The topological polar surface area (TPSA) is 149 Å². The van der Waals surface area contributed by atoms with Crippen LogP contribution in [-0.4, -0.2) is 65.7 Å². The van der Waals surface area contributed by atoms with Gasteiger partial charge in [-0.2, -0.15) is 0 Å². The molecule has 10 nitrogen and oxygen atoms in total. The van der Waals surface area contributed by atoms with Gasteiger partial charge in [0.15, 0.2) is 6.10 Å². The fourth-order valence-electron chi connectivity index (χ4n) is 5.33. The molecule has 55 heavy (non-hydrogen) atoms. The average Bonchev–Trinajstić information content (AvgIpc) is 3.17. The van der Waals surface area contributed by atoms with Crippen molar-refractivity contribution in [3.8, 4) is 0 Å². The zero-order valence-corrected chi connectivity index (χ0v) is 35.3. The number of carbonyl (C=O) groups excluding carboxylic acids is 2. The normalized spacial score (nSPS) is 14.5. The Balaban J connectivity index is 4.44. The number of aliphatic hydroxyl groups excluding tert-OH is 2. The van der Waals surface area contributed by atoms with Crippen LogP contribution >= 0.6 is 7.82 Å². The summed E-state index contributed by atoms with van der Waals surface area (Å²) in [5, 5.41) is 18.3. The van der Waals surface area contributed by atoms with E-state index >= 15 is 0 Å². The number of aliphatic hydroxyl groups is 2. The summed E-state index contributed by atoms with van der Waals surface area (Å²) in [5.41, 5.74) is 0. The molecule has 3 N–H and O–H groups in total. The van der Waals surface area contributed by atoms with Gasteiger partial charge in [-0.05, 0) is 77.0 Å². The monoisotopic (exact) mass is 797 g/mol. The van der Waals surface area contributed by atoms with E-state index in [0.29, 0.717) is 12.8 Å². The third kappa shape index (κ3) is 39.7. The molecular formula is C44H77O10P. The third-order valence-corrected chi connectivity index (χ3v) is 9.60. The molecule has 318 valence electrons. The Morgan fingerprint density at radius 1 is 0.545 bits per heavy atom. The van der Waals surface area contributed by atoms with Crippen LogP contribution in [0.15, 0.2) is 60.8 Å². The summed E-state index contributed by atoms with van der Waals surface area (Å²) in [6.07, 6.45) is 43.4. The predicted octanol–water partition coefficient (Wildman–Crippen LogP) is 11.1. The first-order chi connectivity index (χ1) is 26.7. The number of esters is 2. The molecule has 0 aromatic carbocycles. The van der Waals surface area contributed by atoms with Crippen molar-refractivity contribution in [2.24, 2.45) is 0 Å². The molecule has 11 heteroatoms. The van der Waals surface area contributed by atoms with Gasteiger partial charge in [-0.3, -0.25) is 18.6 Å². The Hall–Kier alpha value is -2.33. The molecule has 0 aliphatic carbocycles. The van der Waals surface area contributed by atoms with Crippen LogP contribution in [0.25, 0.3) is 0 Å². The molecule has 0 aromatic heterocycles. The summed E-state index contributed by atoms with van der Waals surface area (Å²) < 4.78 is 32.6. The summed E-state index contributed by atoms with van der Waals surface area (Å²) in [6.45, 7) is 2.25. The van der Waals surface area contributed by atoms with Crippen LogP contribution in [0.4, 0.5) is 0 Å². The fourth-order valence-corrected chi connectivity index (χ4v) is 6.12. The number of hydrogen-bond acceptors (Lipinski definition) is 9. The number of phosphoric ester groups is 1. The molecule has 0 amide bonds. The maximum Gasteiger partial charge on any atom is 0.472 e. The summed E-state index contributed by atoms with van der Waals surface area (Å²) in [4.78, 5) is 34.9. The molecule has 0 radical (unpaired) electrons. The summed E-state index contributed by atoms with van der Waals surface area (Å²) in [6, 6.07) is 0. The van der Waals surface area contributed by atoms with Crippen LogP contribution < -0.4 is 0 Å². The lowest BCUT2D eigenvalue weighted by Crippen LogP contribution is -2.29. The molecule has 0 saturated carbocycles. The minimum Gasteiger partial charge on any atom is -0.462 e. The van der Waals surface area contributed by atoms with Gasteiger partial charge in [-0.1, -0.05) is 139 Å². The Labute approximate surface area is 334 Å². The van der Waals surface area contributed by atoms with E-state index in [1.165, 1.54) is 77.0 Å². The fraction of sp³-hybridized carbons (Fsp3) is 0.727. The van der Waals surface area contributed by atoms with Gasteiger partial charge in [-0.15, -0.1) is 0 Å². The van der Waals surface area contributed by atoms with Gasteiger partial charge >= 0.3 is 19.8 Å². The van der Waals surface area contributed by atoms with Crippen LogP contribution in [0.2, 0.25) is 0 Å². The summed E-state index contributed by atoms with van der Waals surface area (Å²) >= 11 is 0. The molecule has 0 aromatic rings. The second-order valence-electron chi connectivity index (χ2n) is 14.0. The molecule has 0 bridgehead atoms. The standard InChI is InChI=1S/C44H77O10P/c1-3-5-7-9-11-13-15-17-19-20-22-23-25-27-29-31-33-35-43(47)51-39-42(40-53-55(49,50)52-38-41(46)37-45)54-44(48)36-34-32-30-28-26-24-21-18-16-14-12-10-8-6-4-2/h12,14,18,21-23,26-29,41-42,45-46H,3-11,13,15-17,19-20,24-25,30-40H2,1-2H3,(H,49,50)/b14-12+,21-18+,23-22+,28-26+,29-27+/t41-,42+/m0/s1. The van der Waals surface area contributed by atoms with E-state index in [2.05, 4.69) is 73.1 Å². The van der Waals surface area contributed by atoms with Gasteiger partial charge in [0.2, 0.25) is 0 Å². The first kappa shape index (κ1) is 52.7. The highest BCUT2D eigenvalue weighted by Crippen LogP contribution is 2.43. The highest BCUT2D eigenvalue weighted by atomic mass is 31.2. The molecule has 0 aliphatic rings. The van der Waals surface area contributed by atoms with Gasteiger partial charge in [0.1, 0.15) is 12.7 Å². The predicted molar refractivity (Wildman–Crippen MR) is 224 cm³/mol. The number of ether oxygens (including phenoxy) is 2. The third-order valence-electron chi connectivity index (χ3n) is 8.64. The molecule has 0 aliphatic heterocycles. The van der Waals surface area contributed by atoms with Gasteiger partial charge in [0, 0.05) is 12.8 Å². The lowest BCUT2D eigenvalue weighted by atomic mass is 10.1. The van der Waals surface area contributed by atoms with Gasteiger partial charge in [-0.25, -0.2) is 4.57 Å². The second-order valence-corrected chi connectivity index (χ2v) is 15.5. The van der Waals surface area contributed by atoms with E-state index in [4.69, 9.17) is 19.1 Å². The number of unbranched alkanes of at least 4 members (excludes halogenated alkanes) is 15. The van der Waals surface area contributed by atoms with Crippen molar-refractivity contribution >= 4 is 19.8 Å². The molecule has 0 rings (SSSR count). The summed E-state index contributed by atoms with van der Waals surface area (Å²) in [5.74, 6) is -1.03. The number of allylic oxidation sites excluding steroid dienone is 10. The minimum atomic E-state index is -4.64. The summed E-state index contributed by atoms with van der Waals surface area (Å²) in [7, 11) is -4.64. The van der Waals surface area contributed by atoms with E-state index in [1.807, 2.05) is 6.08 Å². The van der Waals surface area contributed by atoms with Crippen LogP contribution in [-0.2, 0) is 32.7 Å². The van der Waals surface area contributed by atoms with Crippen molar-refractivity contribution in [1.82, 2.24) is 0 Å². The number of hydrogen-bond donors (Lipinski definition) is 3. The van der Waals surface area contributed by atoms with E-state index in [1.54, 1.807) is 0 Å². The highest BCUT2D eigenvalue weighted by Gasteiger charge is 2.27. The Bertz CT molecular complexity index is 1100. The van der Waals surface area contributed by atoms with Crippen molar-refractivity contribution in [3.05, 3.63) is 60.8 Å². The van der Waals surface area contributed by atoms with Crippen molar-refractivity contribution in [1.29, 1.82) is 0 Å². The van der Waals surface area contributed by atoms with Crippen LogP contribution in [0.3, 0.4) is 0 Å². The molecule has 3 atom stereocenters. The Morgan fingerprint density at radius 2 is 0.964 bits per heavy atom. The smallest absolute Gasteiger partial charge is 0.462 e. The van der Waals surface area contributed by atoms with E-state index < -0.39 is 51.8 Å². The molecule has 0 fully saturated rings. The van der Waals surface area contributed by atoms with Crippen molar-refractivity contribution in [3.63, 3.8) is 0 Å². The SMILES string of the molecule is CCCCC/C=C/C/C=C/C/C=C/CCCCC(=O)O[C@H](COC(=O)CCC/C=C/C/C=C/CCCCCCCCCCC)COP(=O)(O)OC[C@@H](O)CO. The largest absolute Gasteiger partial charge is 0.472 e. The van der Waals surface area contributed by atoms with Crippen molar-refractivity contribution in [2.75, 3.05) is 26.4 Å². The maximum atomic E-state index is 12.6. The van der Waals surface area contributed by atoms with Gasteiger partial charge in [0.05, 0.1) is 19.8 Å². The molecule has 0 spiro atoms. The van der Waals surface area contributed by atoms with Crippen LogP contribution in [0.1, 0.15) is 168 Å². The van der Waals surface area contributed by atoms with Crippen molar-refractivity contribution in [2.45, 2.75) is 180 Å². The number of phosphoric acid groups is 1. The first-order valence-electron chi connectivity index (χ1n) is 21.2. The molecule has 1 unspecified atom stereocenters. The van der Waals surface area contributed by atoms with Gasteiger partial charge < -0.3 is 24.6 Å². The average molecular weight is 797 g/mol. The molecular weight excluding hydrogens is 719 g/mol. The first-order valence-corrected chi connectivity index (χ1v) is 22.7. The Kier molecular flexibility index (Phi) is 38.2. The maximum absolute atomic E-state index is 12.6. The highest BCUT2D eigenvalue weighted by molar-refractivity contribution is 7.47. The second kappa shape index (κ2) is 39.9. The number of carbonyl (C=O) groups is 2. The van der Waals surface area contributed by atoms with E-state index in [-0.39, 0.29) is 19.4 Å².